The number of nitrogens with zero attached hydrogens (tertiary/aromatic N) is 1. The van der Waals surface area contributed by atoms with Crippen LogP contribution in [0, 0.1) is 0 Å². The van der Waals surface area contributed by atoms with Crippen LogP contribution in [0.1, 0.15) is 0 Å². The third-order valence-electron chi connectivity index (χ3n) is 0.836. The highest BCUT2D eigenvalue weighted by Gasteiger charge is 1.96. The number of nitrogens with one attached hydrogen (secondary N) is 1. The molecule has 0 spiro atoms. The largest absolute Gasteiger partial charge is 0.392 e. The number of carbonyl (C=O) groups is 1. The minimum absolute atomic E-state index is 0.0618. The Hall–Kier alpha value is -1.03. The van der Waals surface area contributed by atoms with E-state index in [9.17, 15) is 4.79 Å². The number of urea groups is 1. The summed E-state index contributed by atoms with van der Waals surface area (Å²) >= 11 is 0. The van der Waals surface area contributed by atoms with Crippen LogP contribution >= 0.6 is 0 Å². The van der Waals surface area contributed by atoms with Crippen LogP contribution < -0.4 is 5.32 Å². The molecule has 0 radical (unpaired) electrons. The fourth-order valence-corrected chi connectivity index (χ4v) is 0.312. The van der Waals surface area contributed by atoms with Gasteiger partial charge in [0.2, 0.25) is 0 Å². The molecule has 0 aromatic rings. The maximum atomic E-state index is 10.7. The molecule has 0 rings (SSSR count). The zero-order chi connectivity index (χ0) is 7.98. The zero-order valence-corrected chi connectivity index (χ0v) is 6.16. The SMILES string of the molecule is CN(C)C(=O)NC=CCO. The van der Waals surface area contributed by atoms with Gasteiger partial charge in [-0.15, -0.1) is 0 Å². The molecule has 0 heterocycles. The molecule has 2 N–H and O–H groups in total. The second-order valence-electron chi connectivity index (χ2n) is 1.93. The van der Waals surface area contributed by atoms with Crippen molar-refractivity contribution >= 4 is 6.03 Å². The van der Waals surface area contributed by atoms with Gasteiger partial charge in [0.15, 0.2) is 0 Å². The minimum atomic E-state index is -0.204. The van der Waals surface area contributed by atoms with E-state index in [1.54, 1.807) is 14.1 Å². The average Bonchev–Trinajstić information content (AvgIpc) is 1.88. The molecule has 4 nitrogen and oxygen atoms in total. The number of aliphatic hydroxyl groups excluding tert-OH is 1. The van der Waals surface area contributed by atoms with Gasteiger partial charge in [-0.25, -0.2) is 4.79 Å². The first-order chi connectivity index (χ1) is 4.68. The predicted octanol–water partition coefficient (Wildman–Crippen LogP) is -0.236. The maximum absolute atomic E-state index is 10.7. The Balaban J connectivity index is 3.49. The standard InChI is InChI=1S/C6H12N2O2/c1-8(2)6(10)7-4-3-5-9/h3-4,9H,5H2,1-2H3,(H,7,10). The van der Waals surface area contributed by atoms with Crippen LogP contribution in [-0.4, -0.2) is 36.7 Å². The van der Waals surface area contributed by atoms with Gasteiger partial charge in [0.1, 0.15) is 0 Å². The summed E-state index contributed by atoms with van der Waals surface area (Å²) in [6.45, 7) is -0.0618. The Morgan fingerprint density at radius 2 is 2.30 bits per heavy atom. The molecule has 0 aliphatic carbocycles. The highest BCUT2D eigenvalue weighted by atomic mass is 16.2. The number of aliphatic hydroxyl groups is 1. The van der Waals surface area contributed by atoms with Crippen molar-refractivity contribution in [2.75, 3.05) is 20.7 Å². The molecule has 0 aromatic carbocycles. The third kappa shape index (κ3) is 3.91. The first-order valence-corrected chi connectivity index (χ1v) is 2.92. The van der Waals surface area contributed by atoms with Crippen LogP contribution in [0.15, 0.2) is 12.3 Å². The van der Waals surface area contributed by atoms with Gasteiger partial charge in [0.25, 0.3) is 0 Å². The Kier molecular flexibility index (Phi) is 4.32. The lowest BCUT2D eigenvalue weighted by Gasteiger charge is -2.07. The van der Waals surface area contributed by atoms with E-state index >= 15 is 0 Å². The maximum Gasteiger partial charge on any atom is 0.320 e. The van der Waals surface area contributed by atoms with E-state index in [4.69, 9.17) is 5.11 Å². The quantitative estimate of drug-likeness (QED) is 0.562. The van der Waals surface area contributed by atoms with Gasteiger partial charge in [0, 0.05) is 20.3 Å². The van der Waals surface area contributed by atoms with Crippen LogP contribution in [0.3, 0.4) is 0 Å². The van der Waals surface area contributed by atoms with Crippen molar-refractivity contribution in [2.45, 2.75) is 0 Å². The van der Waals surface area contributed by atoms with Crippen LogP contribution in [0.2, 0.25) is 0 Å². The van der Waals surface area contributed by atoms with Gasteiger partial charge < -0.3 is 15.3 Å². The molecule has 0 aromatic heterocycles. The Morgan fingerprint density at radius 3 is 2.70 bits per heavy atom. The van der Waals surface area contributed by atoms with Crippen LogP contribution in [0.4, 0.5) is 4.79 Å². The van der Waals surface area contributed by atoms with Gasteiger partial charge in [-0.1, -0.05) is 0 Å². The smallest absolute Gasteiger partial charge is 0.320 e. The Labute approximate surface area is 60.1 Å². The number of rotatable bonds is 2. The van der Waals surface area contributed by atoms with Gasteiger partial charge >= 0.3 is 6.03 Å². The molecule has 0 atom stereocenters. The normalized spacial score (nSPS) is 9.90. The summed E-state index contributed by atoms with van der Waals surface area (Å²) in [5.74, 6) is 0. The molecule has 0 fully saturated rings. The molecular formula is C6H12N2O2. The van der Waals surface area contributed by atoms with E-state index in [0.29, 0.717) is 0 Å². The van der Waals surface area contributed by atoms with Crippen molar-refractivity contribution < 1.29 is 9.90 Å². The second kappa shape index (κ2) is 4.81. The van der Waals surface area contributed by atoms with E-state index in [1.165, 1.54) is 17.2 Å². The zero-order valence-electron chi connectivity index (χ0n) is 6.16. The summed E-state index contributed by atoms with van der Waals surface area (Å²) in [4.78, 5) is 12.1. The van der Waals surface area contributed by atoms with Gasteiger partial charge in [-0.05, 0) is 6.08 Å². The summed E-state index contributed by atoms with van der Waals surface area (Å²) in [6, 6.07) is -0.204. The molecule has 0 unspecified atom stereocenters. The minimum Gasteiger partial charge on any atom is -0.392 e. The summed E-state index contributed by atoms with van der Waals surface area (Å²) in [5, 5.41) is 10.7. The van der Waals surface area contributed by atoms with Crippen molar-refractivity contribution in [1.82, 2.24) is 10.2 Å². The van der Waals surface area contributed by atoms with Gasteiger partial charge in [0.05, 0.1) is 6.61 Å². The molecular weight excluding hydrogens is 132 g/mol. The number of hydrogen-bond acceptors (Lipinski definition) is 2. The third-order valence-corrected chi connectivity index (χ3v) is 0.836. The lowest BCUT2D eigenvalue weighted by atomic mass is 10.6. The molecule has 58 valence electrons. The first kappa shape index (κ1) is 8.97. The highest BCUT2D eigenvalue weighted by Crippen LogP contribution is 1.75. The van der Waals surface area contributed by atoms with Crippen LogP contribution in [0.5, 0.6) is 0 Å². The molecule has 0 aliphatic rings. The molecule has 0 bridgehead atoms. The average molecular weight is 144 g/mol. The van der Waals surface area contributed by atoms with Crippen molar-refractivity contribution in [1.29, 1.82) is 0 Å². The number of amides is 2. The fourth-order valence-electron chi connectivity index (χ4n) is 0.312. The van der Waals surface area contributed by atoms with Crippen LogP contribution in [-0.2, 0) is 0 Å². The van der Waals surface area contributed by atoms with Crippen LogP contribution in [0.25, 0.3) is 0 Å². The predicted molar refractivity (Wildman–Crippen MR) is 38.4 cm³/mol. The highest BCUT2D eigenvalue weighted by molar-refractivity contribution is 5.74. The molecule has 0 aliphatic heterocycles. The van der Waals surface area contributed by atoms with Crippen molar-refractivity contribution in [2.24, 2.45) is 0 Å². The summed E-state index contributed by atoms with van der Waals surface area (Å²) in [6.07, 6.45) is 2.85. The number of carbonyl (C=O) groups excluding carboxylic acids is 1. The second-order valence-corrected chi connectivity index (χ2v) is 1.93. The van der Waals surface area contributed by atoms with E-state index in [1.807, 2.05) is 0 Å². The molecule has 10 heavy (non-hydrogen) atoms. The fraction of sp³-hybridized carbons (Fsp3) is 0.500. The van der Waals surface area contributed by atoms with Crippen molar-refractivity contribution in [3.05, 3.63) is 12.3 Å². The Morgan fingerprint density at radius 1 is 1.70 bits per heavy atom. The van der Waals surface area contributed by atoms with Gasteiger partial charge in [-0.3, -0.25) is 0 Å². The monoisotopic (exact) mass is 144 g/mol. The molecule has 0 saturated heterocycles. The Bertz CT molecular complexity index is 132. The molecule has 2 amide bonds. The lowest BCUT2D eigenvalue weighted by molar-refractivity contribution is 0.221. The van der Waals surface area contributed by atoms with E-state index in [-0.39, 0.29) is 12.6 Å². The summed E-state index contributed by atoms with van der Waals surface area (Å²) < 4.78 is 0. The van der Waals surface area contributed by atoms with Crippen molar-refractivity contribution in [3.8, 4) is 0 Å². The molecule has 4 heteroatoms. The topological polar surface area (TPSA) is 52.6 Å². The van der Waals surface area contributed by atoms with Crippen molar-refractivity contribution in [3.63, 3.8) is 0 Å². The first-order valence-electron chi connectivity index (χ1n) is 2.92. The molecule has 0 saturated carbocycles. The summed E-state index contributed by atoms with van der Waals surface area (Å²) in [5.41, 5.74) is 0. The van der Waals surface area contributed by atoms with E-state index < -0.39 is 0 Å². The van der Waals surface area contributed by atoms with Gasteiger partial charge in [-0.2, -0.15) is 0 Å². The number of hydrogen-bond donors (Lipinski definition) is 2. The van der Waals surface area contributed by atoms with E-state index in [0.717, 1.165) is 0 Å². The lowest BCUT2D eigenvalue weighted by Crippen LogP contribution is -2.30. The van der Waals surface area contributed by atoms with E-state index in [2.05, 4.69) is 5.32 Å². The summed E-state index contributed by atoms with van der Waals surface area (Å²) in [7, 11) is 3.28.